The Morgan fingerprint density at radius 3 is 2.42 bits per heavy atom. The van der Waals surface area contributed by atoms with Crippen molar-refractivity contribution in [2.45, 2.75) is 20.4 Å². The second-order valence-corrected chi connectivity index (χ2v) is 6.76. The van der Waals surface area contributed by atoms with E-state index >= 15 is 0 Å². The number of nitrogens with zero attached hydrogens (tertiary/aromatic N) is 3. The lowest BCUT2D eigenvalue weighted by molar-refractivity contribution is 0.0946. The first-order valence-electron chi connectivity index (χ1n) is 9.70. The van der Waals surface area contributed by atoms with Gasteiger partial charge in [-0.3, -0.25) is 14.2 Å². The highest BCUT2D eigenvalue weighted by molar-refractivity contribution is 5.91. The van der Waals surface area contributed by atoms with E-state index in [0.29, 0.717) is 23.7 Å². The van der Waals surface area contributed by atoms with Crippen molar-refractivity contribution in [3.8, 4) is 17.2 Å². The van der Waals surface area contributed by atoms with Crippen molar-refractivity contribution in [3.05, 3.63) is 80.1 Å². The summed E-state index contributed by atoms with van der Waals surface area (Å²) in [4.78, 5) is 38.8. The molecule has 0 spiro atoms. The van der Waals surface area contributed by atoms with Gasteiger partial charge in [0, 0.05) is 12.6 Å². The van der Waals surface area contributed by atoms with Crippen LogP contribution in [-0.4, -0.2) is 41.0 Å². The Bertz CT molecular complexity index is 1230. The number of carbonyl (C=O) groups excluding carboxylic acids is 1. The van der Waals surface area contributed by atoms with Crippen LogP contribution in [0.25, 0.3) is 5.69 Å². The van der Waals surface area contributed by atoms with Gasteiger partial charge in [-0.05, 0) is 37.1 Å². The van der Waals surface area contributed by atoms with E-state index in [0.717, 1.165) is 20.4 Å². The van der Waals surface area contributed by atoms with Gasteiger partial charge in [0.1, 0.15) is 0 Å². The number of hydrogen-bond donors (Lipinski definition) is 1. The molecule has 0 aliphatic heterocycles. The van der Waals surface area contributed by atoms with Crippen molar-refractivity contribution in [3.63, 3.8) is 0 Å². The van der Waals surface area contributed by atoms with Gasteiger partial charge in [0.2, 0.25) is 5.69 Å². The minimum atomic E-state index is -0.754. The minimum Gasteiger partial charge on any atom is -0.493 e. The van der Waals surface area contributed by atoms with E-state index in [1.807, 2.05) is 31.2 Å². The molecule has 3 aromatic rings. The molecule has 1 heterocycles. The van der Waals surface area contributed by atoms with Crippen LogP contribution in [0.1, 0.15) is 28.5 Å². The van der Waals surface area contributed by atoms with E-state index in [1.54, 1.807) is 25.1 Å². The summed E-state index contributed by atoms with van der Waals surface area (Å²) in [6.45, 7) is 3.94. The molecule has 162 valence electrons. The molecule has 1 aromatic heterocycles. The molecular weight excluding hydrogens is 400 g/mol. The fraction of sp³-hybridized carbons (Fsp3) is 0.273. The van der Waals surface area contributed by atoms with Gasteiger partial charge in [-0.15, -0.1) is 0 Å². The fourth-order valence-electron chi connectivity index (χ4n) is 3.12. The van der Waals surface area contributed by atoms with Crippen LogP contribution in [0.5, 0.6) is 11.5 Å². The summed E-state index contributed by atoms with van der Waals surface area (Å²) in [6, 6.07) is 12.2. The zero-order valence-corrected chi connectivity index (χ0v) is 17.8. The Morgan fingerprint density at radius 2 is 1.77 bits per heavy atom. The van der Waals surface area contributed by atoms with E-state index in [2.05, 4.69) is 10.4 Å². The Labute approximate surface area is 178 Å². The highest BCUT2D eigenvalue weighted by atomic mass is 16.5. The van der Waals surface area contributed by atoms with Crippen LogP contribution in [-0.2, 0) is 6.54 Å². The quantitative estimate of drug-likeness (QED) is 0.617. The van der Waals surface area contributed by atoms with Gasteiger partial charge in [-0.25, -0.2) is 4.79 Å². The predicted octanol–water partition coefficient (Wildman–Crippen LogP) is 1.52. The molecule has 0 radical (unpaired) electrons. The van der Waals surface area contributed by atoms with Crippen molar-refractivity contribution >= 4 is 5.91 Å². The Hall–Kier alpha value is -3.88. The largest absolute Gasteiger partial charge is 0.493 e. The summed E-state index contributed by atoms with van der Waals surface area (Å²) in [5.41, 5.74) is 0.234. The first-order chi connectivity index (χ1) is 14.9. The summed E-state index contributed by atoms with van der Waals surface area (Å²) >= 11 is 0. The van der Waals surface area contributed by atoms with Crippen LogP contribution in [0.2, 0.25) is 0 Å². The summed E-state index contributed by atoms with van der Waals surface area (Å²) in [6.07, 6.45) is 0. The predicted molar refractivity (Wildman–Crippen MR) is 115 cm³/mol. The van der Waals surface area contributed by atoms with Gasteiger partial charge in [-0.1, -0.05) is 24.3 Å². The van der Waals surface area contributed by atoms with E-state index in [4.69, 9.17) is 9.47 Å². The molecule has 9 nitrogen and oxygen atoms in total. The molecule has 0 aliphatic carbocycles. The number of aryl methyl sites for hydroxylation is 1. The van der Waals surface area contributed by atoms with Gasteiger partial charge in [-0.2, -0.15) is 9.78 Å². The molecular formula is C22H24N4O5. The van der Waals surface area contributed by atoms with Gasteiger partial charge in [0.05, 0.1) is 26.5 Å². The summed E-state index contributed by atoms with van der Waals surface area (Å²) in [5, 5.41) is 6.65. The van der Waals surface area contributed by atoms with Crippen molar-refractivity contribution in [2.75, 3.05) is 20.8 Å². The van der Waals surface area contributed by atoms with Crippen molar-refractivity contribution in [1.82, 2.24) is 19.7 Å². The second-order valence-electron chi connectivity index (χ2n) is 6.76. The highest BCUT2D eigenvalue weighted by Gasteiger charge is 2.21. The molecule has 1 N–H and O–H groups in total. The summed E-state index contributed by atoms with van der Waals surface area (Å²) in [7, 11) is 2.97. The molecule has 0 aliphatic rings. The third-order valence-electron chi connectivity index (χ3n) is 4.81. The number of ether oxygens (including phenoxy) is 2. The summed E-state index contributed by atoms with van der Waals surface area (Å²) in [5.74, 6) is 0.196. The van der Waals surface area contributed by atoms with Crippen molar-refractivity contribution in [2.24, 2.45) is 0 Å². The zero-order chi connectivity index (χ0) is 22.5. The minimum absolute atomic E-state index is 0.00650. The Kier molecular flexibility index (Phi) is 6.54. The van der Waals surface area contributed by atoms with E-state index < -0.39 is 17.2 Å². The molecule has 0 saturated carbocycles. The number of amides is 1. The molecule has 9 heteroatoms. The molecule has 1 amide bonds. The average molecular weight is 424 g/mol. The average Bonchev–Trinajstić information content (AvgIpc) is 2.77. The number of rotatable bonds is 7. The Morgan fingerprint density at radius 1 is 1.06 bits per heavy atom. The van der Waals surface area contributed by atoms with Crippen LogP contribution < -0.4 is 26.0 Å². The lowest BCUT2D eigenvalue weighted by atomic mass is 10.1. The fourth-order valence-corrected chi connectivity index (χ4v) is 3.12. The van der Waals surface area contributed by atoms with E-state index in [-0.39, 0.29) is 12.2 Å². The van der Waals surface area contributed by atoms with Crippen LogP contribution in [0.3, 0.4) is 0 Å². The number of carbonyl (C=O) groups is 1. The van der Waals surface area contributed by atoms with Gasteiger partial charge in [0.25, 0.3) is 11.5 Å². The maximum Gasteiger partial charge on any atom is 0.352 e. The maximum absolute atomic E-state index is 13.3. The number of nitrogens with one attached hydrogen (secondary N) is 1. The maximum atomic E-state index is 13.3. The van der Waals surface area contributed by atoms with Crippen LogP contribution in [0, 0.1) is 6.92 Å². The SMILES string of the molecule is CCNC(=O)c1nn(-c2ccc(OC)c(OC)c2)c(=O)n(Cc2ccccc2C)c1=O. The third-order valence-corrected chi connectivity index (χ3v) is 4.81. The lowest BCUT2D eigenvalue weighted by Gasteiger charge is -2.14. The Balaban J connectivity index is 2.25. The second kappa shape index (κ2) is 9.29. The normalized spacial score (nSPS) is 10.6. The highest BCUT2D eigenvalue weighted by Crippen LogP contribution is 2.28. The zero-order valence-electron chi connectivity index (χ0n) is 17.8. The molecule has 31 heavy (non-hydrogen) atoms. The van der Waals surface area contributed by atoms with Gasteiger partial charge < -0.3 is 14.8 Å². The van der Waals surface area contributed by atoms with Crippen molar-refractivity contribution in [1.29, 1.82) is 0 Å². The van der Waals surface area contributed by atoms with Gasteiger partial charge in [0.15, 0.2) is 11.5 Å². The molecule has 0 bridgehead atoms. The van der Waals surface area contributed by atoms with Gasteiger partial charge >= 0.3 is 5.69 Å². The first-order valence-corrected chi connectivity index (χ1v) is 9.70. The van der Waals surface area contributed by atoms with E-state index in [9.17, 15) is 14.4 Å². The molecule has 0 saturated heterocycles. The van der Waals surface area contributed by atoms with Crippen molar-refractivity contribution < 1.29 is 14.3 Å². The molecule has 3 rings (SSSR count). The van der Waals surface area contributed by atoms with E-state index in [1.165, 1.54) is 14.2 Å². The molecule has 2 aromatic carbocycles. The van der Waals surface area contributed by atoms with Crippen LogP contribution in [0.4, 0.5) is 0 Å². The standard InChI is InChI=1S/C22H24N4O5/c1-5-23-20(27)19-21(28)25(13-15-9-7-6-8-14(15)2)22(29)26(24-19)16-10-11-17(30-3)18(12-16)31-4/h6-12H,5,13H2,1-4H3,(H,23,27). The van der Waals surface area contributed by atoms with Crippen LogP contribution >= 0.6 is 0 Å². The summed E-state index contributed by atoms with van der Waals surface area (Å²) < 4.78 is 12.6. The third kappa shape index (κ3) is 4.35. The van der Waals surface area contributed by atoms with Crippen LogP contribution in [0.15, 0.2) is 52.1 Å². The molecule has 0 atom stereocenters. The number of benzene rings is 2. The number of methoxy groups -OCH3 is 2. The monoisotopic (exact) mass is 424 g/mol. The first kappa shape index (κ1) is 21.8. The molecule has 0 fully saturated rings. The topological polar surface area (TPSA) is 104 Å². The smallest absolute Gasteiger partial charge is 0.352 e. The number of aromatic nitrogens is 3. The number of hydrogen-bond acceptors (Lipinski definition) is 6. The molecule has 0 unspecified atom stereocenters. The lowest BCUT2D eigenvalue weighted by Crippen LogP contribution is -2.46.